The molecule has 25 valence electrons. The van der Waals surface area contributed by atoms with E-state index in [1.165, 1.54) is 0 Å². The first-order valence-corrected chi connectivity index (χ1v) is 0.707. The summed E-state index contributed by atoms with van der Waals surface area (Å²) in [4.78, 5) is 0. The van der Waals surface area contributed by atoms with Crippen LogP contribution in [0.5, 0.6) is 0 Å². The molecular weight excluding hydrogens is 144 g/mol. The van der Waals surface area contributed by atoms with Gasteiger partial charge in [-0.15, -0.1) is 0 Å². The van der Waals surface area contributed by atoms with Gasteiger partial charge in [0.25, 0.3) is 0 Å². The molecule has 0 nitrogen and oxygen atoms in total. The molecule has 0 spiro atoms. The summed E-state index contributed by atoms with van der Waals surface area (Å²) in [7, 11) is 0. The van der Waals surface area contributed by atoms with Crippen LogP contribution >= 0.6 is 9.90 Å². The van der Waals surface area contributed by atoms with Crippen molar-refractivity contribution >= 4 is 9.90 Å². The van der Waals surface area contributed by atoms with Crippen molar-refractivity contribution in [2.45, 2.75) is 6.92 Å². The molecule has 0 rings (SSSR count). The van der Waals surface area contributed by atoms with Gasteiger partial charge in [-0.1, -0.05) is 0 Å². The summed E-state index contributed by atoms with van der Waals surface area (Å²) in [5, 5.41) is 0. The molecular formula is C2H8PY-. The second-order valence-electron chi connectivity index (χ2n) is 0. The zero-order chi connectivity index (χ0) is 2.00. The summed E-state index contributed by atoms with van der Waals surface area (Å²) in [6.45, 7) is 5.00. The molecule has 0 aliphatic rings. The maximum Gasteiger partial charge on any atom is 0 e. The Morgan fingerprint density at radius 2 is 1.25 bits per heavy atom. The zero-order valence-corrected chi connectivity index (χ0v) is 7.24. The molecule has 0 aliphatic heterocycles. The Kier molecular flexibility index (Phi) is 107. The van der Waals surface area contributed by atoms with Gasteiger partial charge in [0.1, 0.15) is 0 Å². The normalized spacial score (nSPS) is 1.50. The van der Waals surface area contributed by atoms with E-state index < -0.39 is 0 Å². The minimum atomic E-state index is 0. The van der Waals surface area contributed by atoms with Crippen molar-refractivity contribution in [2.75, 3.05) is 0 Å². The monoisotopic (exact) mass is 152 g/mol. The van der Waals surface area contributed by atoms with Crippen LogP contribution in [-0.4, -0.2) is 0 Å². The zero-order valence-electron chi connectivity index (χ0n) is 2.99. The molecule has 0 aromatic carbocycles. The third-order valence-electron chi connectivity index (χ3n) is 0. The SMILES string of the molecule is P.[CH2-]C.[Y]. The largest absolute Gasteiger partial charge is 0.346 e. The van der Waals surface area contributed by atoms with Gasteiger partial charge in [0.2, 0.25) is 0 Å². The van der Waals surface area contributed by atoms with Crippen molar-refractivity contribution in [2.24, 2.45) is 0 Å². The molecule has 1 atom stereocenters. The third kappa shape index (κ3) is 9.64. The molecule has 1 radical (unpaired) electrons. The average molecular weight is 152 g/mol. The van der Waals surface area contributed by atoms with Gasteiger partial charge in [-0.05, 0) is 0 Å². The van der Waals surface area contributed by atoms with Gasteiger partial charge in [-0.25, -0.2) is 0 Å². The van der Waals surface area contributed by atoms with E-state index in [1.807, 2.05) is 0 Å². The van der Waals surface area contributed by atoms with Crippen molar-refractivity contribution in [1.29, 1.82) is 0 Å². The van der Waals surface area contributed by atoms with Crippen LogP contribution in [0.4, 0.5) is 0 Å². The van der Waals surface area contributed by atoms with E-state index in [0.29, 0.717) is 0 Å². The molecule has 0 heterocycles. The number of hydrogen-bond acceptors (Lipinski definition) is 0. The van der Waals surface area contributed by atoms with E-state index in [4.69, 9.17) is 0 Å². The van der Waals surface area contributed by atoms with Gasteiger partial charge in [0.15, 0.2) is 0 Å². The molecule has 0 amide bonds. The Balaban J connectivity index is -0.00000000500. The minimum absolute atomic E-state index is 0. The molecule has 4 heavy (non-hydrogen) atoms. The van der Waals surface area contributed by atoms with E-state index in [2.05, 4.69) is 6.92 Å². The molecule has 0 saturated carbocycles. The molecule has 0 fully saturated rings. The summed E-state index contributed by atoms with van der Waals surface area (Å²) in [5.41, 5.74) is 0. The summed E-state index contributed by atoms with van der Waals surface area (Å²) in [6, 6.07) is 0. The summed E-state index contributed by atoms with van der Waals surface area (Å²) >= 11 is 0. The van der Waals surface area contributed by atoms with Gasteiger partial charge in [0.05, 0.1) is 0 Å². The molecule has 0 saturated heterocycles. The quantitative estimate of drug-likeness (QED) is 0.357. The van der Waals surface area contributed by atoms with Gasteiger partial charge in [0, 0.05) is 32.7 Å². The molecule has 0 aromatic rings. The first-order valence-electron chi connectivity index (χ1n) is 0.707. The Hall–Kier alpha value is 1.53. The van der Waals surface area contributed by atoms with Crippen molar-refractivity contribution in [3.63, 3.8) is 0 Å². The standard InChI is InChI=1S/C2H5.H3P.Y/c1-2;;/h1H2,2H3;1H3;/q-1;;. The molecule has 0 aliphatic carbocycles. The fourth-order valence-electron chi connectivity index (χ4n) is 0. The molecule has 0 aromatic heterocycles. The first-order chi connectivity index (χ1) is 1.00. The molecule has 2 heteroatoms. The van der Waals surface area contributed by atoms with Gasteiger partial charge in [-0.3, -0.25) is 0 Å². The molecule has 0 N–H and O–H groups in total. The summed E-state index contributed by atoms with van der Waals surface area (Å²) in [6.07, 6.45) is 0. The fourth-order valence-corrected chi connectivity index (χ4v) is 0. The Morgan fingerprint density at radius 3 is 1.25 bits per heavy atom. The second-order valence-corrected chi connectivity index (χ2v) is 0. The smallest absolute Gasteiger partial charge is 0 e. The maximum absolute atomic E-state index is 3.25. The van der Waals surface area contributed by atoms with Crippen molar-refractivity contribution in [1.82, 2.24) is 0 Å². The number of hydrogen-bond donors (Lipinski definition) is 0. The van der Waals surface area contributed by atoms with Crippen LogP contribution in [0.3, 0.4) is 0 Å². The Bertz CT molecular complexity index is 6.00. The van der Waals surface area contributed by atoms with Gasteiger partial charge < -0.3 is 6.92 Å². The topological polar surface area (TPSA) is 0 Å². The predicted molar refractivity (Wildman–Crippen MR) is 22.1 cm³/mol. The van der Waals surface area contributed by atoms with Crippen LogP contribution < -0.4 is 0 Å². The van der Waals surface area contributed by atoms with Crippen molar-refractivity contribution < 1.29 is 32.7 Å². The van der Waals surface area contributed by atoms with E-state index >= 15 is 0 Å². The third-order valence-corrected chi connectivity index (χ3v) is 0. The van der Waals surface area contributed by atoms with E-state index in [0.717, 1.165) is 0 Å². The van der Waals surface area contributed by atoms with Crippen LogP contribution in [0.15, 0.2) is 0 Å². The van der Waals surface area contributed by atoms with Gasteiger partial charge in [-0.2, -0.15) is 16.8 Å². The molecule has 0 bridgehead atoms. The van der Waals surface area contributed by atoms with Crippen molar-refractivity contribution in [3.8, 4) is 0 Å². The Morgan fingerprint density at radius 1 is 1.25 bits per heavy atom. The van der Waals surface area contributed by atoms with Crippen LogP contribution in [0, 0.1) is 6.92 Å². The molecule has 1 unspecified atom stereocenters. The van der Waals surface area contributed by atoms with Crippen LogP contribution in [0.1, 0.15) is 6.92 Å². The van der Waals surface area contributed by atoms with E-state index in [-0.39, 0.29) is 42.6 Å². The van der Waals surface area contributed by atoms with Crippen LogP contribution in [-0.2, 0) is 32.7 Å². The Labute approximate surface area is 56.2 Å². The predicted octanol–water partition coefficient (Wildman–Crippen LogP) is 0.896. The van der Waals surface area contributed by atoms with Crippen LogP contribution in [0.2, 0.25) is 0 Å². The van der Waals surface area contributed by atoms with Crippen molar-refractivity contribution in [3.05, 3.63) is 6.92 Å². The summed E-state index contributed by atoms with van der Waals surface area (Å²) in [5.74, 6) is 0. The average Bonchev–Trinajstić information content (AvgIpc) is 1.00. The first kappa shape index (κ1) is 17.7. The number of rotatable bonds is 0. The van der Waals surface area contributed by atoms with Crippen LogP contribution in [0.25, 0.3) is 0 Å². The maximum atomic E-state index is 3.25. The van der Waals surface area contributed by atoms with E-state index in [9.17, 15) is 0 Å². The fraction of sp³-hybridized carbons (Fsp3) is 0.500. The van der Waals surface area contributed by atoms with Gasteiger partial charge >= 0.3 is 0 Å². The van der Waals surface area contributed by atoms with E-state index in [1.54, 1.807) is 6.92 Å². The summed E-state index contributed by atoms with van der Waals surface area (Å²) < 4.78 is 0. The second kappa shape index (κ2) is 24.1. The minimum Gasteiger partial charge on any atom is -0.346 e.